The summed E-state index contributed by atoms with van der Waals surface area (Å²) in [5, 5.41) is 0. The van der Waals surface area contributed by atoms with Crippen molar-refractivity contribution in [2.24, 2.45) is 0 Å². The maximum Gasteiger partial charge on any atom is 0.446 e. The summed E-state index contributed by atoms with van der Waals surface area (Å²) in [4.78, 5) is 28.2. The number of thioether (sulfide) groups is 1. The zero-order chi connectivity index (χ0) is 22.4. The standard InChI is InChI=1S/C21H21F3N2O4S/c1-29-17-6-4-16(5-7-17)25-10-12-26(13-11-25)19(27)14-30-20(28)15-2-8-18(9-3-15)31-21(22,23)24/h2-9H,10-14H2,1H3. The molecule has 1 heterocycles. The van der Waals surface area contributed by atoms with Crippen molar-refractivity contribution < 1.29 is 32.2 Å². The van der Waals surface area contributed by atoms with Crippen LogP contribution >= 0.6 is 11.8 Å². The second-order valence-corrected chi connectivity index (χ2v) is 7.85. The van der Waals surface area contributed by atoms with Gasteiger partial charge in [0.05, 0.1) is 12.7 Å². The van der Waals surface area contributed by atoms with Gasteiger partial charge in [-0.1, -0.05) is 0 Å². The van der Waals surface area contributed by atoms with E-state index in [2.05, 4.69) is 4.90 Å². The van der Waals surface area contributed by atoms with Crippen LogP contribution in [0.25, 0.3) is 0 Å². The predicted octanol–water partition coefficient (Wildman–Crippen LogP) is 3.81. The summed E-state index contributed by atoms with van der Waals surface area (Å²) in [7, 11) is 1.61. The number of hydrogen-bond donors (Lipinski definition) is 0. The zero-order valence-corrected chi connectivity index (χ0v) is 17.5. The Morgan fingerprint density at radius 3 is 2.13 bits per heavy atom. The van der Waals surface area contributed by atoms with Gasteiger partial charge in [0, 0.05) is 36.8 Å². The quantitative estimate of drug-likeness (QED) is 0.489. The maximum atomic E-state index is 12.4. The Morgan fingerprint density at radius 2 is 1.58 bits per heavy atom. The van der Waals surface area contributed by atoms with Crippen molar-refractivity contribution in [1.29, 1.82) is 0 Å². The third-order valence-corrected chi connectivity index (χ3v) is 5.46. The van der Waals surface area contributed by atoms with Crippen LogP contribution in [0, 0.1) is 0 Å². The number of benzene rings is 2. The minimum atomic E-state index is -4.40. The van der Waals surface area contributed by atoms with Gasteiger partial charge >= 0.3 is 11.5 Å². The first kappa shape index (κ1) is 22.8. The molecule has 0 bridgehead atoms. The summed E-state index contributed by atoms with van der Waals surface area (Å²) in [6.45, 7) is 1.85. The summed E-state index contributed by atoms with van der Waals surface area (Å²) in [6, 6.07) is 12.5. The van der Waals surface area contributed by atoms with E-state index in [0.29, 0.717) is 26.2 Å². The number of alkyl halides is 3. The average molecular weight is 454 g/mol. The number of piperazine rings is 1. The van der Waals surface area contributed by atoms with Gasteiger partial charge in [-0.2, -0.15) is 13.2 Å². The van der Waals surface area contributed by atoms with Crippen LogP contribution in [0.5, 0.6) is 5.75 Å². The number of rotatable bonds is 6. The molecule has 0 aromatic heterocycles. The number of hydrogen-bond acceptors (Lipinski definition) is 6. The van der Waals surface area contributed by atoms with Crippen molar-refractivity contribution in [2.45, 2.75) is 10.4 Å². The molecule has 0 atom stereocenters. The van der Waals surface area contributed by atoms with Gasteiger partial charge in [-0.15, -0.1) is 0 Å². The van der Waals surface area contributed by atoms with Crippen molar-refractivity contribution >= 4 is 29.3 Å². The number of carbonyl (C=O) groups is 2. The second-order valence-electron chi connectivity index (χ2n) is 6.71. The molecular formula is C21H21F3N2O4S. The first-order valence-electron chi connectivity index (χ1n) is 9.45. The normalized spacial score (nSPS) is 14.3. The molecule has 1 fully saturated rings. The fourth-order valence-electron chi connectivity index (χ4n) is 3.10. The van der Waals surface area contributed by atoms with Gasteiger partial charge < -0.3 is 19.3 Å². The molecule has 31 heavy (non-hydrogen) atoms. The molecule has 3 rings (SSSR count). The van der Waals surface area contributed by atoms with E-state index in [1.54, 1.807) is 12.0 Å². The summed E-state index contributed by atoms with van der Waals surface area (Å²) >= 11 is -0.265. The van der Waals surface area contributed by atoms with Gasteiger partial charge in [0.15, 0.2) is 6.61 Å². The molecule has 6 nitrogen and oxygen atoms in total. The SMILES string of the molecule is COc1ccc(N2CCN(C(=O)COC(=O)c3ccc(SC(F)(F)F)cc3)CC2)cc1. The number of esters is 1. The summed E-state index contributed by atoms with van der Waals surface area (Å²) < 4.78 is 47.3. The van der Waals surface area contributed by atoms with E-state index in [-0.39, 0.29) is 28.1 Å². The van der Waals surface area contributed by atoms with Crippen LogP contribution in [0.4, 0.5) is 18.9 Å². The molecule has 10 heteroatoms. The molecule has 1 aliphatic heterocycles. The van der Waals surface area contributed by atoms with Gasteiger partial charge in [-0.05, 0) is 60.3 Å². The van der Waals surface area contributed by atoms with E-state index in [1.807, 2.05) is 24.3 Å². The smallest absolute Gasteiger partial charge is 0.446 e. The summed E-state index contributed by atoms with van der Waals surface area (Å²) in [5.41, 5.74) is -3.28. The van der Waals surface area contributed by atoms with Crippen molar-refractivity contribution in [3.05, 3.63) is 54.1 Å². The number of methoxy groups -OCH3 is 1. The molecule has 1 saturated heterocycles. The molecule has 0 N–H and O–H groups in total. The molecule has 166 valence electrons. The highest BCUT2D eigenvalue weighted by molar-refractivity contribution is 8.00. The van der Waals surface area contributed by atoms with Crippen LogP contribution < -0.4 is 9.64 Å². The fourth-order valence-corrected chi connectivity index (χ4v) is 3.64. The highest BCUT2D eigenvalue weighted by Gasteiger charge is 2.29. The lowest BCUT2D eigenvalue weighted by Gasteiger charge is -2.36. The van der Waals surface area contributed by atoms with Crippen molar-refractivity contribution in [3.8, 4) is 5.75 Å². The number of carbonyl (C=O) groups excluding carboxylic acids is 2. The molecule has 2 aromatic rings. The Morgan fingerprint density at radius 1 is 0.968 bits per heavy atom. The monoisotopic (exact) mass is 454 g/mol. The van der Waals surface area contributed by atoms with Gasteiger partial charge in [0.1, 0.15) is 5.75 Å². The lowest BCUT2D eigenvalue weighted by Crippen LogP contribution is -2.49. The lowest BCUT2D eigenvalue weighted by atomic mass is 10.2. The van der Waals surface area contributed by atoms with Crippen LogP contribution in [0.15, 0.2) is 53.4 Å². The predicted molar refractivity (Wildman–Crippen MR) is 110 cm³/mol. The van der Waals surface area contributed by atoms with Crippen LogP contribution in [0.1, 0.15) is 10.4 Å². The largest absolute Gasteiger partial charge is 0.497 e. The van der Waals surface area contributed by atoms with Crippen molar-refractivity contribution in [1.82, 2.24) is 4.90 Å². The molecule has 1 aliphatic rings. The first-order valence-corrected chi connectivity index (χ1v) is 10.3. The maximum absolute atomic E-state index is 12.4. The molecule has 0 unspecified atom stereocenters. The third kappa shape index (κ3) is 6.55. The third-order valence-electron chi connectivity index (χ3n) is 4.72. The van der Waals surface area contributed by atoms with Crippen molar-refractivity contribution in [3.63, 3.8) is 0 Å². The molecule has 0 spiro atoms. The zero-order valence-electron chi connectivity index (χ0n) is 16.7. The number of ether oxygens (including phenoxy) is 2. The highest BCUT2D eigenvalue weighted by atomic mass is 32.2. The van der Waals surface area contributed by atoms with E-state index in [9.17, 15) is 22.8 Å². The number of halogens is 3. The topological polar surface area (TPSA) is 59.1 Å². The first-order chi connectivity index (χ1) is 14.7. The van der Waals surface area contributed by atoms with Gasteiger partial charge in [-0.3, -0.25) is 4.79 Å². The van der Waals surface area contributed by atoms with Gasteiger partial charge in [0.25, 0.3) is 5.91 Å². The Kier molecular flexibility index (Phi) is 7.32. The van der Waals surface area contributed by atoms with Gasteiger partial charge in [0.2, 0.25) is 0 Å². The Labute approximate surface area is 181 Å². The molecular weight excluding hydrogens is 433 g/mol. The highest BCUT2D eigenvalue weighted by Crippen LogP contribution is 2.36. The molecule has 0 radical (unpaired) electrons. The van der Waals surface area contributed by atoms with E-state index >= 15 is 0 Å². The van der Waals surface area contributed by atoms with E-state index in [0.717, 1.165) is 11.4 Å². The Hall–Kier alpha value is -2.88. The van der Waals surface area contributed by atoms with E-state index in [4.69, 9.17) is 9.47 Å². The van der Waals surface area contributed by atoms with Crippen LogP contribution in [0.2, 0.25) is 0 Å². The molecule has 0 saturated carbocycles. The average Bonchev–Trinajstić information content (AvgIpc) is 2.77. The minimum absolute atomic E-state index is 0.0325. The van der Waals surface area contributed by atoms with Crippen LogP contribution in [0.3, 0.4) is 0 Å². The number of nitrogens with zero attached hydrogens (tertiary/aromatic N) is 2. The minimum Gasteiger partial charge on any atom is -0.497 e. The fraction of sp³-hybridized carbons (Fsp3) is 0.333. The Balaban J connectivity index is 1.45. The number of anilines is 1. The number of amides is 1. The molecule has 0 aliphatic carbocycles. The van der Waals surface area contributed by atoms with Crippen molar-refractivity contribution in [2.75, 3.05) is 44.8 Å². The van der Waals surface area contributed by atoms with Crippen LogP contribution in [-0.2, 0) is 9.53 Å². The van der Waals surface area contributed by atoms with Gasteiger partial charge in [-0.25, -0.2) is 4.79 Å². The molecule has 1 amide bonds. The molecule has 2 aromatic carbocycles. The van der Waals surface area contributed by atoms with Crippen LogP contribution in [-0.4, -0.2) is 62.2 Å². The Bertz CT molecular complexity index is 896. The summed E-state index contributed by atoms with van der Waals surface area (Å²) in [6.07, 6.45) is 0. The lowest BCUT2D eigenvalue weighted by molar-refractivity contribution is -0.134. The van der Waals surface area contributed by atoms with E-state index in [1.165, 1.54) is 24.3 Å². The second kappa shape index (κ2) is 9.95. The van der Waals surface area contributed by atoms with E-state index < -0.39 is 18.1 Å². The summed E-state index contributed by atoms with van der Waals surface area (Å²) in [5.74, 6) is -0.297.